The fourth-order valence-electron chi connectivity index (χ4n) is 5.44. The van der Waals surface area contributed by atoms with Crippen molar-refractivity contribution in [2.24, 2.45) is 0 Å². The van der Waals surface area contributed by atoms with Crippen LogP contribution in [-0.2, 0) is 32.7 Å². The summed E-state index contributed by atoms with van der Waals surface area (Å²) in [6.07, 6.45) is 50.8. The van der Waals surface area contributed by atoms with E-state index in [2.05, 4.69) is 86.8 Å². The van der Waals surface area contributed by atoms with Gasteiger partial charge in [-0.15, -0.1) is 0 Å². The van der Waals surface area contributed by atoms with Gasteiger partial charge in [0, 0.05) is 12.8 Å². The lowest BCUT2D eigenvalue weighted by Gasteiger charge is -2.24. The summed E-state index contributed by atoms with van der Waals surface area (Å²) < 4.78 is 34.2. The predicted molar refractivity (Wildman–Crippen MR) is 242 cm³/mol. The summed E-state index contributed by atoms with van der Waals surface area (Å²) in [5, 5.41) is 0. The lowest BCUT2D eigenvalue weighted by Crippen LogP contribution is -2.37. The van der Waals surface area contributed by atoms with Crippen molar-refractivity contribution < 1.29 is 42.1 Å². The van der Waals surface area contributed by atoms with Crippen molar-refractivity contribution in [3.05, 3.63) is 85.1 Å². The summed E-state index contributed by atoms with van der Waals surface area (Å²) in [7, 11) is 1.41. The topological polar surface area (TPSA) is 108 Å². The third-order valence-electron chi connectivity index (χ3n) is 8.92. The molecule has 0 bridgehead atoms. The highest BCUT2D eigenvalue weighted by Gasteiger charge is 2.27. The van der Waals surface area contributed by atoms with E-state index in [0.29, 0.717) is 23.9 Å². The van der Waals surface area contributed by atoms with Gasteiger partial charge in [-0.1, -0.05) is 150 Å². The zero-order chi connectivity index (χ0) is 42.8. The van der Waals surface area contributed by atoms with Crippen LogP contribution in [0.2, 0.25) is 0 Å². The Labute approximate surface area is 354 Å². The Morgan fingerprint density at radius 3 is 1.53 bits per heavy atom. The number of ether oxygens (including phenoxy) is 2. The summed E-state index contributed by atoms with van der Waals surface area (Å²) in [4.78, 5) is 35.3. The van der Waals surface area contributed by atoms with Crippen LogP contribution in [0.15, 0.2) is 85.1 Å². The van der Waals surface area contributed by atoms with E-state index in [4.69, 9.17) is 18.5 Å². The molecule has 0 aromatic carbocycles. The Morgan fingerprint density at radius 2 is 1.02 bits per heavy atom. The molecule has 0 amide bonds. The SMILES string of the molecule is CC/C=C\C/C=C\C/C=C\C/C=C\CCC(=O)OC(COC(=O)CCCCCCCC/C=C\C/C=C\C/C=C\CCCCCCC)COP(=O)(O)OCC[N+](C)(C)C. The second kappa shape index (κ2) is 39.6. The molecule has 0 heterocycles. The van der Waals surface area contributed by atoms with Gasteiger partial charge in [0.2, 0.25) is 0 Å². The molecule has 58 heavy (non-hydrogen) atoms. The highest BCUT2D eigenvalue weighted by Crippen LogP contribution is 2.43. The summed E-state index contributed by atoms with van der Waals surface area (Å²) in [6.45, 7) is 4.17. The molecule has 332 valence electrons. The smallest absolute Gasteiger partial charge is 0.462 e. The highest BCUT2D eigenvalue weighted by atomic mass is 31.2. The minimum atomic E-state index is -4.40. The van der Waals surface area contributed by atoms with E-state index in [1.807, 2.05) is 33.3 Å². The average molecular weight is 833 g/mol. The first-order chi connectivity index (χ1) is 28.0. The normalized spacial score (nSPS) is 14.4. The highest BCUT2D eigenvalue weighted by molar-refractivity contribution is 7.47. The van der Waals surface area contributed by atoms with Crippen LogP contribution in [0.3, 0.4) is 0 Å². The Balaban J connectivity index is 4.42. The Bertz CT molecular complexity index is 1260. The van der Waals surface area contributed by atoms with Crippen molar-refractivity contribution in [2.75, 3.05) is 47.5 Å². The standard InChI is InChI=1S/C48H82NO8P/c1-6-8-10-12-14-16-18-20-21-22-23-24-25-26-27-29-30-32-34-36-38-40-47(50)54-44-46(45-56-58(52,53)55-43-42-49(3,4)5)57-48(51)41-39-37-35-33-31-28-19-17-15-13-11-9-7-2/h9,11,15,17-18,20,22-23,25-26,28,31,35,37,46H,6-8,10,12-14,16,19,21,24,27,29-30,32-34,36,38-45H2,1-5H3/p+1/b11-9-,17-15-,20-18-,23-22-,26-25-,31-28-,37-35-. The first-order valence-electron chi connectivity index (χ1n) is 22.3. The summed E-state index contributed by atoms with van der Waals surface area (Å²) >= 11 is 0. The Morgan fingerprint density at radius 1 is 0.552 bits per heavy atom. The van der Waals surface area contributed by atoms with Gasteiger partial charge < -0.3 is 18.9 Å². The molecule has 0 saturated carbocycles. The van der Waals surface area contributed by atoms with Gasteiger partial charge >= 0.3 is 19.8 Å². The number of hydrogen-bond acceptors (Lipinski definition) is 7. The summed E-state index contributed by atoms with van der Waals surface area (Å²) in [6, 6.07) is 0. The molecule has 0 spiro atoms. The number of quaternary nitrogens is 1. The van der Waals surface area contributed by atoms with E-state index in [1.165, 1.54) is 38.5 Å². The molecule has 2 atom stereocenters. The van der Waals surface area contributed by atoms with Gasteiger partial charge in [0.25, 0.3) is 0 Å². The zero-order valence-corrected chi connectivity index (χ0v) is 38.1. The maximum absolute atomic E-state index is 12.6. The van der Waals surface area contributed by atoms with Gasteiger partial charge in [-0.2, -0.15) is 0 Å². The molecule has 0 aliphatic rings. The molecule has 0 aliphatic carbocycles. The molecule has 0 radical (unpaired) electrons. The molecule has 9 nitrogen and oxygen atoms in total. The monoisotopic (exact) mass is 833 g/mol. The molecule has 0 aliphatic heterocycles. The van der Waals surface area contributed by atoms with Crippen LogP contribution in [0.25, 0.3) is 0 Å². The Kier molecular flexibility index (Phi) is 37.7. The summed E-state index contributed by atoms with van der Waals surface area (Å²) in [5.41, 5.74) is 0. The molecule has 0 aromatic heterocycles. The number of carbonyl (C=O) groups is 2. The van der Waals surface area contributed by atoms with Crippen LogP contribution in [0.1, 0.15) is 155 Å². The van der Waals surface area contributed by atoms with Gasteiger partial charge in [0.05, 0.1) is 27.7 Å². The van der Waals surface area contributed by atoms with E-state index < -0.39 is 32.5 Å². The van der Waals surface area contributed by atoms with Crippen molar-refractivity contribution in [3.63, 3.8) is 0 Å². The van der Waals surface area contributed by atoms with Crippen molar-refractivity contribution >= 4 is 19.8 Å². The summed E-state index contributed by atoms with van der Waals surface area (Å²) in [5.74, 6) is -0.916. The van der Waals surface area contributed by atoms with Crippen LogP contribution < -0.4 is 0 Å². The fraction of sp³-hybridized carbons (Fsp3) is 0.667. The fourth-order valence-corrected chi connectivity index (χ4v) is 6.19. The number of phosphoric ester groups is 1. The molecule has 0 saturated heterocycles. The largest absolute Gasteiger partial charge is 0.472 e. The molecule has 10 heteroatoms. The van der Waals surface area contributed by atoms with Crippen LogP contribution in [0.5, 0.6) is 0 Å². The van der Waals surface area contributed by atoms with E-state index in [1.54, 1.807) is 0 Å². The van der Waals surface area contributed by atoms with Gasteiger partial charge in [0.15, 0.2) is 6.10 Å². The van der Waals surface area contributed by atoms with Crippen molar-refractivity contribution in [3.8, 4) is 0 Å². The minimum absolute atomic E-state index is 0.0122. The van der Waals surface area contributed by atoms with Crippen molar-refractivity contribution in [1.29, 1.82) is 0 Å². The van der Waals surface area contributed by atoms with E-state index in [9.17, 15) is 19.0 Å². The van der Waals surface area contributed by atoms with Crippen LogP contribution in [0, 0.1) is 0 Å². The number of esters is 2. The van der Waals surface area contributed by atoms with Crippen LogP contribution >= 0.6 is 7.82 Å². The maximum Gasteiger partial charge on any atom is 0.472 e. The van der Waals surface area contributed by atoms with Crippen LogP contribution in [0.4, 0.5) is 0 Å². The molecule has 1 N–H and O–H groups in total. The minimum Gasteiger partial charge on any atom is -0.462 e. The number of hydrogen-bond donors (Lipinski definition) is 1. The van der Waals surface area contributed by atoms with Gasteiger partial charge in [-0.3, -0.25) is 18.6 Å². The zero-order valence-electron chi connectivity index (χ0n) is 37.2. The second-order valence-electron chi connectivity index (χ2n) is 15.7. The van der Waals surface area contributed by atoms with E-state index in [-0.39, 0.29) is 26.1 Å². The van der Waals surface area contributed by atoms with E-state index >= 15 is 0 Å². The predicted octanol–water partition coefficient (Wildman–Crippen LogP) is 12.8. The average Bonchev–Trinajstić information content (AvgIpc) is 3.17. The second-order valence-corrected chi connectivity index (χ2v) is 17.1. The molecule has 0 aromatic rings. The quantitative estimate of drug-likeness (QED) is 0.0214. The van der Waals surface area contributed by atoms with E-state index in [0.717, 1.165) is 77.0 Å². The number of unbranched alkanes of at least 4 members (excludes halogenated alkanes) is 11. The molecular formula is C48H83NO8P+. The third kappa shape index (κ3) is 42.8. The number of allylic oxidation sites excluding steroid dienone is 14. The van der Waals surface area contributed by atoms with Gasteiger partial charge in [-0.05, 0) is 77.0 Å². The Hall–Kier alpha value is -2.81. The van der Waals surface area contributed by atoms with Crippen molar-refractivity contribution in [2.45, 2.75) is 161 Å². The molecule has 2 unspecified atom stereocenters. The van der Waals surface area contributed by atoms with Crippen LogP contribution in [-0.4, -0.2) is 74.9 Å². The van der Waals surface area contributed by atoms with Crippen molar-refractivity contribution in [1.82, 2.24) is 0 Å². The number of rotatable bonds is 39. The lowest BCUT2D eigenvalue weighted by molar-refractivity contribution is -0.870. The first kappa shape index (κ1) is 55.2. The molecular weight excluding hydrogens is 750 g/mol. The van der Waals surface area contributed by atoms with Gasteiger partial charge in [-0.25, -0.2) is 4.57 Å². The first-order valence-corrected chi connectivity index (χ1v) is 23.8. The number of phosphoric acid groups is 1. The third-order valence-corrected chi connectivity index (χ3v) is 9.91. The number of nitrogens with zero attached hydrogens (tertiary/aromatic N) is 1. The molecule has 0 fully saturated rings. The molecule has 0 rings (SSSR count). The number of carbonyl (C=O) groups excluding carboxylic acids is 2. The maximum atomic E-state index is 12.6. The van der Waals surface area contributed by atoms with Gasteiger partial charge in [0.1, 0.15) is 19.8 Å². The lowest BCUT2D eigenvalue weighted by atomic mass is 10.1. The number of likely N-dealkylation sites (N-methyl/N-ethyl adjacent to an activating group) is 1.